The molecular weight excluding hydrogens is 417 g/mol. The van der Waals surface area contributed by atoms with E-state index >= 15 is 0 Å². The number of aryl methyl sites for hydroxylation is 1. The van der Waals surface area contributed by atoms with Crippen molar-refractivity contribution in [2.75, 3.05) is 13.1 Å². The summed E-state index contributed by atoms with van der Waals surface area (Å²) in [5.74, 6) is -0.661. The minimum absolute atomic E-state index is 0.0503. The van der Waals surface area contributed by atoms with Gasteiger partial charge in [0.1, 0.15) is 11.5 Å². The molecule has 0 radical (unpaired) electrons. The van der Waals surface area contributed by atoms with Gasteiger partial charge in [-0.25, -0.2) is 4.39 Å². The maximum absolute atomic E-state index is 13.6. The molecule has 1 saturated heterocycles. The maximum Gasteiger partial charge on any atom is 0.275 e. The van der Waals surface area contributed by atoms with E-state index < -0.39 is 0 Å². The normalized spacial score (nSPS) is 13.9. The summed E-state index contributed by atoms with van der Waals surface area (Å²) >= 11 is 0. The van der Waals surface area contributed by atoms with Crippen LogP contribution in [0.15, 0.2) is 61.3 Å². The Labute approximate surface area is 197 Å². The van der Waals surface area contributed by atoms with Gasteiger partial charge in [0.15, 0.2) is 0 Å². The van der Waals surface area contributed by atoms with Crippen molar-refractivity contribution in [2.45, 2.75) is 53.5 Å². The fourth-order valence-electron chi connectivity index (χ4n) is 3.57. The van der Waals surface area contributed by atoms with Crippen LogP contribution in [0.5, 0.6) is 0 Å². The van der Waals surface area contributed by atoms with Gasteiger partial charge in [0.25, 0.3) is 11.8 Å². The second-order valence-corrected chi connectivity index (χ2v) is 7.70. The number of carbonyl (C=O) groups is 2. The minimum Gasteiger partial charge on any atom is -0.340 e. The molecule has 0 bridgehead atoms. The van der Waals surface area contributed by atoms with E-state index in [0.717, 1.165) is 31.4 Å². The van der Waals surface area contributed by atoms with Crippen molar-refractivity contribution < 1.29 is 14.0 Å². The molecule has 33 heavy (non-hydrogen) atoms. The Bertz CT molecular complexity index is 1000. The van der Waals surface area contributed by atoms with Crippen LogP contribution in [0.4, 0.5) is 4.39 Å². The summed E-state index contributed by atoms with van der Waals surface area (Å²) in [6.45, 7) is 18.1. The number of rotatable bonds is 5. The second kappa shape index (κ2) is 13.4. The first-order valence-electron chi connectivity index (χ1n) is 11.5. The van der Waals surface area contributed by atoms with Crippen LogP contribution < -0.4 is 0 Å². The third-order valence-corrected chi connectivity index (χ3v) is 5.30. The molecule has 1 fully saturated rings. The van der Waals surface area contributed by atoms with Crippen LogP contribution in [-0.2, 0) is 11.8 Å². The first-order chi connectivity index (χ1) is 15.7. The summed E-state index contributed by atoms with van der Waals surface area (Å²) in [6, 6.07) is 5.81. The third kappa shape index (κ3) is 6.91. The van der Waals surface area contributed by atoms with E-state index in [-0.39, 0.29) is 23.7 Å². The number of fused-ring (bicyclic) bond motifs is 1. The number of hydrogen-bond acceptors (Lipinski definition) is 2. The molecule has 2 aromatic rings. The number of amides is 2. The SMILES string of the molecule is C=CC.C=CC(C)N(/C=C(\C)C(=O)N1CCCC1)C(=O)c1cc2cc(F)ccc2n1C.CC. The maximum atomic E-state index is 13.6. The standard InChI is InChI=1S/C22H26FN3O2.C3H6.C2H6/c1-5-16(3)26(14-15(2)21(27)25-10-6-7-11-25)22(28)20-13-17-12-18(23)8-9-19(17)24(20)4;1-3-2;1-2/h5,8-9,12-14,16H,1,6-7,10-11H2,2-4H3;3H,1H2,2H3;1-2H3/b15-14+;;. The smallest absolute Gasteiger partial charge is 0.275 e. The Morgan fingerprint density at radius 3 is 2.27 bits per heavy atom. The number of carbonyl (C=O) groups excluding carboxylic acids is 2. The van der Waals surface area contributed by atoms with Crippen LogP contribution in [0.3, 0.4) is 0 Å². The molecule has 1 aromatic heterocycles. The van der Waals surface area contributed by atoms with Crippen molar-refractivity contribution in [1.82, 2.24) is 14.4 Å². The topological polar surface area (TPSA) is 45.6 Å². The predicted molar refractivity (Wildman–Crippen MR) is 135 cm³/mol. The number of benzene rings is 1. The number of likely N-dealkylation sites (tertiary alicyclic amines) is 1. The summed E-state index contributed by atoms with van der Waals surface area (Å²) in [7, 11) is 1.77. The van der Waals surface area contributed by atoms with Crippen molar-refractivity contribution in [3.63, 3.8) is 0 Å². The van der Waals surface area contributed by atoms with E-state index in [2.05, 4.69) is 13.2 Å². The zero-order valence-electron chi connectivity index (χ0n) is 20.9. The van der Waals surface area contributed by atoms with Gasteiger partial charge in [0, 0.05) is 42.8 Å². The zero-order chi connectivity index (χ0) is 25.1. The monoisotopic (exact) mass is 455 g/mol. The Morgan fingerprint density at radius 2 is 1.73 bits per heavy atom. The molecule has 1 aliphatic heterocycles. The summed E-state index contributed by atoms with van der Waals surface area (Å²) in [5, 5.41) is 0.658. The van der Waals surface area contributed by atoms with Crippen LogP contribution in [0, 0.1) is 5.82 Å². The van der Waals surface area contributed by atoms with E-state index in [1.54, 1.807) is 49.0 Å². The molecule has 1 aromatic carbocycles. The highest BCUT2D eigenvalue weighted by Gasteiger charge is 2.25. The highest BCUT2D eigenvalue weighted by Crippen LogP contribution is 2.22. The van der Waals surface area contributed by atoms with Crippen LogP contribution in [0.1, 0.15) is 57.9 Å². The Balaban J connectivity index is 0.00000101. The molecule has 1 unspecified atom stereocenters. The Hall–Kier alpha value is -3.15. The number of aromatic nitrogens is 1. The molecular formula is C27H38FN3O2. The van der Waals surface area contributed by atoms with Gasteiger partial charge in [-0.15, -0.1) is 13.2 Å². The fraction of sp³-hybridized carbons (Fsp3) is 0.407. The summed E-state index contributed by atoms with van der Waals surface area (Å²) in [4.78, 5) is 29.3. The van der Waals surface area contributed by atoms with E-state index in [1.165, 1.54) is 17.0 Å². The van der Waals surface area contributed by atoms with Crippen LogP contribution in [0.25, 0.3) is 10.9 Å². The summed E-state index contributed by atoms with van der Waals surface area (Å²) < 4.78 is 15.3. The first-order valence-corrected chi connectivity index (χ1v) is 11.5. The van der Waals surface area contributed by atoms with Gasteiger partial charge in [-0.3, -0.25) is 9.59 Å². The van der Waals surface area contributed by atoms with Gasteiger partial charge in [0.05, 0.1) is 6.04 Å². The molecule has 0 spiro atoms. The molecule has 5 nitrogen and oxygen atoms in total. The molecule has 0 saturated carbocycles. The largest absolute Gasteiger partial charge is 0.340 e. The average molecular weight is 456 g/mol. The number of halogens is 1. The number of allylic oxidation sites excluding steroid dienone is 1. The Morgan fingerprint density at radius 1 is 1.15 bits per heavy atom. The molecule has 180 valence electrons. The lowest BCUT2D eigenvalue weighted by Crippen LogP contribution is -2.36. The van der Waals surface area contributed by atoms with Gasteiger partial charge in [0.2, 0.25) is 0 Å². The van der Waals surface area contributed by atoms with Crippen molar-refractivity contribution in [3.8, 4) is 0 Å². The van der Waals surface area contributed by atoms with Gasteiger partial charge < -0.3 is 14.4 Å². The highest BCUT2D eigenvalue weighted by molar-refractivity contribution is 6.00. The Kier molecular flexibility index (Phi) is 11.3. The second-order valence-electron chi connectivity index (χ2n) is 7.70. The van der Waals surface area contributed by atoms with E-state index in [9.17, 15) is 14.0 Å². The highest BCUT2D eigenvalue weighted by atomic mass is 19.1. The third-order valence-electron chi connectivity index (χ3n) is 5.30. The average Bonchev–Trinajstić information content (AvgIpc) is 3.46. The van der Waals surface area contributed by atoms with Gasteiger partial charge in [-0.2, -0.15) is 0 Å². The molecule has 1 aliphatic rings. The van der Waals surface area contributed by atoms with Crippen molar-refractivity contribution in [2.24, 2.45) is 7.05 Å². The molecule has 2 heterocycles. The molecule has 0 aliphatic carbocycles. The lowest BCUT2D eigenvalue weighted by atomic mass is 10.2. The molecule has 1 atom stereocenters. The van der Waals surface area contributed by atoms with Gasteiger partial charge in [-0.05, 0) is 57.9 Å². The molecule has 6 heteroatoms. The lowest BCUT2D eigenvalue weighted by Gasteiger charge is -2.25. The number of nitrogens with zero attached hydrogens (tertiary/aromatic N) is 3. The van der Waals surface area contributed by atoms with E-state index in [0.29, 0.717) is 16.7 Å². The summed E-state index contributed by atoms with van der Waals surface area (Å²) in [5.41, 5.74) is 1.70. The zero-order valence-corrected chi connectivity index (χ0v) is 20.9. The molecule has 0 N–H and O–H groups in total. The van der Waals surface area contributed by atoms with Crippen molar-refractivity contribution >= 4 is 22.7 Å². The summed E-state index contributed by atoms with van der Waals surface area (Å²) in [6.07, 6.45) is 7.03. The van der Waals surface area contributed by atoms with Crippen LogP contribution in [-0.4, -0.2) is 45.3 Å². The van der Waals surface area contributed by atoms with E-state index in [1.807, 2.05) is 32.6 Å². The molecule has 2 amide bonds. The van der Waals surface area contributed by atoms with Crippen molar-refractivity contribution in [3.05, 3.63) is 72.9 Å². The van der Waals surface area contributed by atoms with Gasteiger partial charge in [-0.1, -0.05) is 26.0 Å². The van der Waals surface area contributed by atoms with Crippen LogP contribution in [0.2, 0.25) is 0 Å². The van der Waals surface area contributed by atoms with Crippen LogP contribution >= 0.6 is 0 Å². The quantitative estimate of drug-likeness (QED) is 0.405. The number of hydrogen-bond donors (Lipinski definition) is 0. The minimum atomic E-state index is -0.347. The fourth-order valence-corrected chi connectivity index (χ4v) is 3.57. The molecule has 3 rings (SSSR count). The predicted octanol–water partition coefficient (Wildman–Crippen LogP) is 6.08. The van der Waals surface area contributed by atoms with E-state index in [4.69, 9.17) is 0 Å². The first kappa shape index (κ1) is 27.9. The lowest BCUT2D eigenvalue weighted by molar-refractivity contribution is -0.126. The van der Waals surface area contributed by atoms with Crippen molar-refractivity contribution in [1.29, 1.82) is 0 Å². The van der Waals surface area contributed by atoms with Gasteiger partial charge >= 0.3 is 0 Å².